The van der Waals surface area contributed by atoms with Crippen LogP contribution in [0.5, 0.6) is 0 Å². The molecule has 0 radical (unpaired) electrons. The van der Waals surface area contributed by atoms with Crippen LogP contribution in [0.3, 0.4) is 0 Å². The van der Waals surface area contributed by atoms with Crippen molar-refractivity contribution in [2.45, 2.75) is 39.3 Å². The van der Waals surface area contributed by atoms with Gasteiger partial charge < -0.3 is 25.2 Å². The summed E-state index contributed by atoms with van der Waals surface area (Å²) >= 11 is 0. The predicted octanol–water partition coefficient (Wildman–Crippen LogP) is 1.93. The van der Waals surface area contributed by atoms with E-state index in [0.29, 0.717) is 18.7 Å². The number of benzene rings is 1. The van der Waals surface area contributed by atoms with E-state index in [1.54, 1.807) is 45.0 Å². The third-order valence-corrected chi connectivity index (χ3v) is 3.04. The number of aliphatic carboxylic acids is 1. The Hall–Kier alpha value is -2.61. The molecule has 0 fully saturated rings. The fraction of sp³-hybridized carbons (Fsp3) is 0.500. The molecule has 0 aliphatic heterocycles. The van der Waals surface area contributed by atoms with E-state index in [1.807, 2.05) is 0 Å². The van der Waals surface area contributed by atoms with Crippen LogP contribution in [0, 0.1) is 0 Å². The van der Waals surface area contributed by atoms with Gasteiger partial charge in [-0.25, -0.2) is 4.79 Å². The fourth-order valence-electron chi connectivity index (χ4n) is 1.86. The first-order valence-corrected chi connectivity index (χ1v) is 8.31. The van der Waals surface area contributed by atoms with Gasteiger partial charge in [0.1, 0.15) is 5.60 Å². The van der Waals surface area contributed by atoms with Gasteiger partial charge in [0.05, 0.1) is 19.6 Å². The summed E-state index contributed by atoms with van der Waals surface area (Å²) < 4.78 is 10.2. The Morgan fingerprint density at radius 1 is 1.04 bits per heavy atom. The van der Waals surface area contributed by atoms with Gasteiger partial charge in [-0.2, -0.15) is 0 Å². The van der Waals surface area contributed by atoms with Crippen molar-refractivity contribution in [2.75, 3.05) is 19.8 Å². The van der Waals surface area contributed by atoms with Crippen LogP contribution in [0.15, 0.2) is 24.3 Å². The van der Waals surface area contributed by atoms with Crippen molar-refractivity contribution >= 4 is 18.0 Å². The number of ether oxygens (including phenoxy) is 2. The first-order valence-electron chi connectivity index (χ1n) is 8.31. The van der Waals surface area contributed by atoms with Crippen molar-refractivity contribution in [2.24, 2.45) is 0 Å². The molecule has 0 saturated heterocycles. The van der Waals surface area contributed by atoms with Crippen molar-refractivity contribution in [1.82, 2.24) is 10.6 Å². The number of carboxylic acid groups (broad SMARTS) is 1. The highest BCUT2D eigenvalue weighted by Crippen LogP contribution is 2.08. The maximum absolute atomic E-state index is 12.0. The van der Waals surface area contributed by atoms with Crippen molar-refractivity contribution in [1.29, 1.82) is 0 Å². The van der Waals surface area contributed by atoms with E-state index in [4.69, 9.17) is 14.6 Å². The molecular weight excluding hydrogens is 340 g/mol. The molecule has 8 heteroatoms. The predicted molar refractivity (Wildman–Crippen MR) is 94.9 cm³/mol. The molecule has 0 aromatic heterocycles. The van der Waals surface area contributed by atoms with Crippen LogP contribution >= 0.6 is 0 Å². The molecule has 0 saturated carbocycles. The molecule has 0 bridgehead atoms. The van der Waals surface area contributed by atoms with Crippen LogP contribution in [-0.2, 0) is 20.8 Å². The minimum absolute atomic E-state index is 0.0628. The summed E-state index contributed by atoms with van der Waals surface area (Å²) in [5.41, 5.74) is 0.768. The first-order chi connectivity index (χ1) is 12.2. The Morgan fingerprint density at radius 3 is 2.27 bits per heavy atom. The number of hydrogen-bond acceptors (Lipinski definition) is 5. The molecule has 1 aromatic carbocycles. The van der Waals surface area contributed by atoms with Crippen LogP contribution in [0.1, 0.15) is 43.1 Å². The standard InChI is InChI=1S/C18H26N2O6/c1-18(2,3)26-17(24)20-12-13-4-6-14(7-5-13)16(23)19-9-11-25-10-8-15(21)22/h4-7H,8-12H2,1-3H3,(H,19,23)(H,20,24)(H,21,22). The van der Waals surface area contributed by atoms with Crippen LogP contribution in [0.25, 0.3) is 0 Å². The molecular formula is C18H26N2O6. The zero-order valence-electron chi connectivity index (χ0n) is 15.3. The number of carbonyl (C=O) groups excluding carboxylic acids is 2. The lowest BCUT2D eigenvalue weighted by molar-refractivity contribution is -0.138. The maximum atomic E-state index is 12.0. The quantitative estimate of drug-likeness (QED) is 0.576. The second-order valence-electron chi connectivity index (χ2n) is 6.56. The topological polar surface area (TPSA) is 114 Å². The highest BCUT2D eigenvalue weighted by Gasteiger charge is 2.15. The number of nitrogens with one attached hydrogen (secondary N) is 2. The van der Waals surface area contributed by atoms with E-state index in [9.17, 15) is 14.4 Å². The SMILES string of the molecule is CC(C)(C)OC(=O)NCc1ccc(C(=O)NCCOCCC(=O)O)cc1. The molecule has 3 N–H and O–H groups in total. The minimum atomic E-state index is -0.921. The second kappa shape index (κ2) is 10.4. The zero-order valence-corrected chi connectivity index (χ0v) is 15.3. The summed E-state index contributed by atoms with van der Waals surface area (Å²) in [4.78, 5) is 33.9. The van der Waals surface area contributed by atoms with Crippen LogP contribution in [0.4, 0.5) is 4.79 Å². The third-order valence-electron chi connectivity index (χ3n) is 3.04. The zero-order chi connectivity index (χ0) is 19.6. The number of carboxylic acids is 1. The lowest BCUT2D eigenvalue weighted by atomic mass is 10.1. The Morgan fingerprint density at radius 2 is 1.69 bits per heavy atom. The van der Waals surface area contributed by atoms with E-state index in [2.05, 4.69) is 10.6 Å². The highest BCUT2D eigenvalue weighted by molar-refractivity contribution is 5.94. The molecule has 26 heavy (non-hydrogen) atoms. The number of rotatable bonds is 9. The van der Waals surface area contributed by atoms with Gasteiger partial charge in [-0.15, -0.1) is 0 Å². The molecule has 0 aliphatic rings. The number of alkyl carbamates (subject to hydrolysis) is 1. The smallest absolute Gasteiger partial charge is 0.407 e. The largest absolute Gasteiger partial charge is 0.481 e. The van der Waals surface area contributed by atoms with Gasteiger partial charge in [-0.3, -0.25) is 9.59 Å². The fourth-order valence-corrected chi connectivity index (χ4v) is 1.86. The van der Waals surface area contributed by atoms with Crippen molar-refractivity contribution in [3.8, 4) is 0 Å². The summed E-state index contributed by atoms with van der Waals surface area (Å²) in [7, 11) is 0. The Labute approximate surface area is 152 Å². The molecule has 8 nitrogen and oxygen atoms in total. The monoisotopic (exact) mass is 366 g/mol. The highest BCUT2D eigenvalue weighted by atomic mass is 16.6. The summed E-state index contributed by atoms with van der Waals surface area (Å²) in [6.45, 7) is 6.32. The van der Waals surface area contributed by atoms with E-state index < -0.39 is 17.7 Å². The Balaban J connectivity index is 2.31. The Bertz CT molecular complexity index is 607. The molecule has 1 rings (SSSR count). The van der Waals surface area contributed by atoms with Gasteiger partial charge in [0, 0.05) is 18.7 Å². The average Bonchev–Trinajstić information content (AvgIpc) is 2.54. The average molecular weight is 366 g/mol. The summed E-state index contributed by atoms with van der Waals surface area (Å²) in [6.07, 6.45) is -0.561. The van der Waals surface area contributed by atoms with E-state index >= 15 is 0 Å². The minimum Gasteiger partial charge on any atom is -0.481 e. The number of hydrogen-bond donors (Lipinski definition) is 3. The van der Waals surface area contributed by atoms with Crippen LogP contribution < -0.4 is 10.6 Å². The van der Waals surface area contributed by atoms with E-state index in [-0.39, 0.29) is 25.5 Å². The first kappa shape index (κ1) is 21.4. The number of carbonyl (C=O) groups is 3. The van der Waals surface area contributed by atoms with Gasteiger partial charge in [0.15, 0.2) is 0 Å². The molecule has 0 spiro atoms. The summed E-state index contributed by atoms with van der Waals surface area (Å²) in [5.74, 6) is -1.17. The second-order valence-corrected chi connectivity index (χ2v) is 6.56. The van der Waals surface area contributed by atoms with Crippen molar-refractivity contribution in [3.05, 3.63) is 35.4 Å². The third kappa shape index (κ3) is 9.63. The van der Waals surface area contributed by atoms with Gasteiger partial charge in [-0.05, 0) is 38.5 Å². The van der Waals surface area contributed by atoms with Gasteiger partial charge >= 0.3 is 12.1 Å². The van der Waals surface area contributed by atoms with Crippen LogP contribution in [-0.4, -0.2) is 48.4 Å². The van der Waals surface area contributed by atoms with Crippen LogP contribution in [0.2, 0.25) is 0 Å². The summed E-state index contributed by atoms with van der Waals surface area (Å²) in [5, 5.41) is 13.8. The molecule has 0 unspecified atom stereocenters. The van der Waals surface area contributed by atoms with Gasteiger partial charge in [0.2, 0.25) is 0 Å². The molecule has 0 atom stereocenters. The molecule has 2 amide bonds. The van der Waals surface area contributed by atoms with Crippen molar-refractivity contribution < 1.29 is 29.0 Å². The van der Waals surface area contributed by atoms with Crippen molar-refractivity contribution in [3.63, 3.8) is 0 Å². The maximum Gasteiger partial charge on any atom is 0.407 e. The lowest BCUT2D eigenvalue weighted by Crippen LogP contribution is -2.32. The molecule has 0 aliphatic carbocycles. The molecule has 144 valence electrons. The molecule has 0 heterocycles. The van der Waals surface area contributed by atoms with Gasteiger partial charge in [0.25, 0.3) is 5.91 Å². The normalized spacial score (nSPS) is 10.9. The van der Waals surface area contributed by atoms with Gasteiger partial charge in [-0.1, -0.05) is 12.1 Å². The Kier molecular flexibility index (Phi) is 8.57. The van der Waals surface area contributed by atoms with E-state index in [1.165, 1.54) is 0 Å². The lowest BCUT2D eigenvalue weighted by Gasteiger charge is -2.19. The molecule has 1 aromatic rings. The van der Waals surface area contributed by atoms with E-state index in [0.717, 1.165) is 5.56 Å². The summed E-state index contributed by atoms with van der Waals surface area (Å²) in [6, 6.07) is 6.81. The number of amides is 2.